The molecular formula is C22H26F4N4O2. The van der Waals surface area contributed by atoms with Gasteiger partial charge in [-0.25, -0.2) is 4.98 Å². The number of benzene rings is 1. The van der Waals surface area contributed by atoms with E-state index in [0.29, 0.717) is 30.1 Å². The van der Waals surface area contributed by atoms with E-state index in [9.17, 15) is 13.2 Å². The molecular weight excluding hydrogens is 428 g/mol. The van der Waals surface area contributed by atoms with E-state index >= 15 is 4.39 Å². The third-order valence-corrected chi connectivity index (χ3v) is 5.32. The molecule has 2 atom stereocenters. The Kier molecular flexibility index (Phi) is 6.64. The maximum absolute atomic E-state index is 15.7. The molecule has 1 fully saturated rings. The second-order valence-electron chi connectivity index (χ2n) is 7.29. The molecule has 0 saturated heterocycles. The number of rotatable bonds is 5. The Morgan fingerprint density at radius 3 is 2.53 bits per heavy atom. The van der Waals surface area contributed by atoms with Crippen molar-refractivity contribution >= 4 is 17.3 Å². The van der Waals surface area contributed by atoms with Crippen LogP contribution in [-0.4, -0.2) is 36.6 Å². The van der Waals surface area contributed by atoms with Crippen LogP contribution in [0.2, 0.25) is 0 Å². The van der Waals surface area contributed by atoms with Crippen LogP contribution in [0.15, 0.2) is 47.6 Å². The Hall–Kier alpha value is -2.88. The van der Waals surface area contributed by atoms with E-state index in [1.54, 1.807) is 18.2 Å². The molecule has 1 aliphatic heterocycles. The van der Waals surface area contributed by atoms with Crippen LogP contribution in [0.3, 0.4) is 0 Å². The van der Waals surface area contributed by atoms with Crippen LogP contribution in [0.1, 0.15) is 32.3 Å². The number of amidine groups is 1. The van der Waals surface area contributed by atoms with Gasteiger partial charge in [-0.1, -0.05) is 26.0 Å². The van der Waals surface area contributed by atoms with Gasteiger partial charge in [-0.3, -0.25) is 4.99 Å². The molecule has 1 aromatic heterocycles. The number of ether oxygens (including phenoxy) is 2. The Balaban J connectivity index is 0.00000141. The molecule has 0 spiro atoms. The third kappa shape index (κ3) is 3.99. The second-order valence-corrected chi connectivity index (χ2v) is 7.29. The third-order valence-electron chi connectivity index (χ3n) is 5.32. The van der Waals surface area contributed by atoms with E-state index in [-0.39, 0.29) is 11.4 Å². The summed E-state index contributed by atoms with van der Waals surface area (Å²) in [5.41, 5.74) is 3.82. The minimum absolute atomic E-state index is 0.0207. The van der Waals surface area contributed by atoms with Crippen LogP contribution in [0.5, 0.6) is 5.75 Å². The highest BCUT2D eigenvalue weighted by molar-refractivity contribution is 5.83. The lowest BCUT2D eigenvalue weighted by Gasteiger charge is -2.46. The van der Waals surface area contributed by atoms with Crippen molar-refractivity contribution < 1.29 is 27.0 Å². The van der Waals surface area contributed by atoms with Crippen LogP contribution >= 0.6 is 0 Å². The number of hydrogen-bond acceptors (Lipinski definition) is 6. The van der Waals surface area contributed by atoms with E-state index in [1.165, 1.54) is 31.5 Å². The highest BCUT2D eigenvalue weighted by atomic mass is 19.4. The minimum Gasteiger partial charge on any atom is -0.493 e. The number of halogens is 4. The van der Waals surface area contributed by atoms with E-state index < -0.39 is 30.1 Å². The fraction of sp³-hybridized carbons (Fsp3) is 0.455. The zero-order chi connectivity index (χ0) is 23.6. The molecule has 3 N–H and O–H groups in total. The Bertz CT molecular complexity index is 980. The predicted octanol–water partition coefficient (Wildman–Crippen LogP) is 5.08. The van der Waals surface area contributed by atoms with Crippen molar-refractivity contribution in [2.45, 2.75) is 44.3 Å². The second kappa shape index (κ2) is 8.93. The molecule has 1 aromatic carbocycles. The topological polar surface area (TPSA) is 81.8 Å². The first-order valence-electron chi connectivity index (χ1n) is 10.3. The van der Waals surface area contributed by atoms with Gasteiger partial charge in [0.2, 0.25) is 0 Å². The number of nitrogens with two attached hydrogens (primary N) is 1. The lowest BCUT2D eigenvalue weighted by atomic mass is 9.77. The standard InChI is InChI=1S/C20H20F4N4O2.C2H6/c1-29-15-6-3-9-26-17(15)27-14-5-2-4-13(10-14)18(12-7-8-12)19(21,20(22,23)24)30-11-16(25)28-18;1-2/h2-6,9-10,12H,7-8,11H2,1H3,(H2,25,28)(H,26,27);1-2H3. The Labute approximate surface area is 183 Å². The molecule has 4 rings (SSSR count). The van der Waals surface area contributed by atoms with Crippen molar-refractivity contribution in [2.75, 3.05) is 19.0 Å². The van der Waals surface area contributed by atoms with Crippen molar-refractivity contribution in [3.8, 4) is 5.75 Å². The molecule has 1 saturated carbocycles. The zero-order valence-electron chi connectivity index (χ0n) is 18.0. The van der Waals surface area contributed by atoms with Gasteiger partial charge < -0.3 is 20.5 Å². The van der Waals surface area contributed by atoms with Crippen LogP contribution in [-0.2, 0) is 10.3 Å². The van der Waals surface area contributed by atoms with Crippen LogP contribution in [0, 0.1) is 5.92 Å². The van der Waals surface area contributed by atoms with Crippen molar-refractivity contribution in [3.63, 3.8) is 0 Å². The maximum Gasteiger partial charge on any atom is 0.451 e. The summed E-state index contributed by atoms with van der Waals surface area (Å²) in [5.74, 6) is -4.06. The average molecular weight is 454 g/mol. The molecule has 0 amide bonds. The van der Waals surface area contributed by atoms with Crippen LogP contribution < -0.4 is 15.8 Å². The van der Waals surface area contributed by atoms with Crippen molar-refractivity contribution in [2.24, 2.45) is 16.6 Å². The smallest absolute Gasteiger partial charge is 0.451 e. The average Bonchev–Trinajstić information content (AvgIpc) is 3.62. The van der Waals surface area contributed by atoms with Gasteiger partial charge in [0.15, 0.2) is 17.1 Å². The van der Waals surface area contributed by atoms with Gasteiger partial charge in [-0.2, -0.15) is 17.6 Å². The van der Waals surface area contributed by atoms with Crippen molar-refractivity contribution in [3.05, 3.63) is 48.2 Å². The SMILES string of the molecule is CC.COc1cccnc1Nc1cccc(C2(C3CC3)N=C(N)COC2(F)C(F)(F)F)c1. The molecule has 174 valence electrons. The summed E-state index contributed by atoms with van der Waals surface area (Å²) >= 11 is 0. The first-order chi connectivity index (χ1) is 15.2. The first kappa shape index (κ1) is 23.8. The van der Waals surface area contributed by atoms with Gasteiger partial charge in [0.1, 0.15) is 12.4 Å². The lowest BCUT2D eigenvalue weighted by Crippen LogP contribution is -2.63. The number of methoxy groups -OCH3 is 1. The number of nitrogens with one attached hydrogen (secondary N) is 1. The number of nitrogens with zero attached hydrogens (tertiary/aromatic N) is 2. The number of pyridine rings is 1. The number of aliphatic imine (C=N–C) groups is 1. The largest absolute Gasteiger partial charge is 0.493 e. The molecule has 1 aliphatic carbocycles. The van der Waals surface area contributed by atoms with Gasteiger partial charge in [0, 0.05) is 11.9 Å². The summed E-state index contributed by atoms with van der Waals surface area (Å²) in [5, 5.41) is 3.00. The fourth-order valence-electron chi connectivity index (χ4n) is 3.87. The number of aromatic nitrogens is 1. The maximum atomic E-state index is 15.7. The normalized spacial score (nSPS) is 25.3. The minimum atomic E-state index is -5.30. The molecule has 0 radical (unpaired) electrons. The molecule has 2 heterocycles. The van der Waals surface area contributed by atoms with Gasteiger partial charge >= 0.3 is 12.0 Å². The molecule has 0 bridgehead atoms. The summed E-state index contributed by atoms with van der Waals surface area (Å²) in [6.45, 7) is 3.27. The van der Waals surface area contributed by atoms with E-state index in [2.05, 4.69) is 15.3 Å². The van der Waals surface area contributed by atoms with E-state index in [0.717, 1.165) is 0 Å². The predicted molar refractivity (Wildman–Crippen MR) is 114 cm³/mol. The lowest BCUT2D eigenvalue weighted by molar-refractivity contribution is -0.362. The quantitative estimate of drug-likeness (QED) is 0.616. The molecule has 2 aromatic rings. The number of hydrogen-bond donors (Lipinski definition) is 2. The van der Waals surface area contributed by atoms with Crippen molar-refractivity contribution in [1.29, 1.82) is 0 Å². The monoisotopic (exact) mass is 454 g/mol. The number of alkyl halides is 4. The van der Waals surface area contributed by atoms with Crippen LogP contribution in [0.4, 0.5) is 29.1 Å². The molecule has 32 heavy (non-hydrogen) atoms. The van der Waals surface area contributed by atoms with E-state index in [1.807, 2.05) is 13.8 Å². The van der Waals surface area contributed by atoms with Crippen LogP contribution in [0.25, 0.3) is 0 Å². The Morgan fingerprint density at radius 2 is 1.91 bits per heavy atom. The molecule has 10 heteroatoms. The van der Waals surface area contributed by atoms with Gasteiger partial charge in [-0.05, 0) is 48.6 Å². The molecule has 2 unspecified atom stereocenters. The van der Waals surface area contributed by atoms with Crippen molar-refractivity contribution in [1.82, 2.24) is 4.98 Å². The summed E-state index contributed by atoms with van der Waals surface area (Å²) < 4.78 is 67.3. The summed E-state index contributed by atoms with van der Waals surface area (Å²) in [6.07, 6.45) is -2.99. The molecule has 2 aliphatic rings. The highest BCUT2D eigenvalue weighted by Crippen LogP contribution is 2.61. The fourth-order valence-corrected chi connectivity index (χ4v) is 3.87. The summed E-state index contributed by atoms with van der Waals surface area (Å²) in [4.78, 5) is 8.22. The number of anilines is 2. The van der Waals surface area contributed by atoms with Gasteiger partial charge in [0.25, 0.3) is 0 Å². The highest BCUT2D eigenvalue weighted by Gasteiger charge is 2.76. The first-order valence-corrected chi connectivity index (χ1v) is 10.3. The molecule has 6 nitrogen and oxygen atoms in total. The van der Waals surface area contributed by atoms with Gasteiger partial charge in [-0.15, -0.1) is 0 Å². The van der Waals surface area contributed by atoms with Gasteiger partial charge in [0.05, 0.1) is 7.11 Å². The van der Waals surface area contributed by atoms with E-state index in [4.69, 9.17) is 15.2 Å². The summed E-state index contributed by atoms with van der Waals surface area (Å²) in [6, 6.07) is 9.33. The Morgan fingerprint density at radius 1 is 1.19 bits per heavy atom. The zero-order valence-corrected chi connectivity index (χ0v) is 18.0. The summed E-state index contributed by atoms with van der Waals surface area (Å²) in [7, 11) is 1.47.